The zero-order chi connectivity index (χ0) is 7.49. The van der Waals surface area contributed by atoms with Crippen LogP contribution in [-0.2, 0) is 0 Å². The summed E-state index contributed by atoms with van der Waals surface area (Å²) in [4.78, 5) is 0. The van der Waals surface area contributed by atoms with Gasteiger partial charge in [0.15, 0.2) is 0 Å². The van der Waals surface area contributed by atoms with Gasteiger partial charge in [-0.2, -0.15) is 0 Å². The molecule has 0 bridgehead atoms. The smallest absolute Gasteiger partial charge is 0.250 e. The SMILES string of the molecule is CC(C)(C)NCC(F)F. The van der Waals surface area contributed by atoms with Crippen molar-refractivity contribution in [3.8, 4) is 0 Å². The molecule has 0 aliphatic rings. The third-order valence-electron chi connectivity index (χ3n) is 0.787. The van der Waals surface area contributed by atoms with E-state index >= 15 is 0 Å². The van der Waals surface area contributed by atoms with Crippen LogP contribution in [0, 0.1) is 0 Å². The summed E-state index contributed by atoms with van der Waals surface area (Å²) in [7, 11) is 0. The molecule has 0 radical (unpaired) electrons. The Morgan fingerprint density at radius 1 is 1.33 bits per heavy atom. The van der Waals surface area contributed by atoms with Gasteiger partial charge in [0.25, 0.3) is 6.43 Å². The van der Waals surface area contributed by atoms with Crippen LogP contribution in [0.3, 0.4) is 0 Å². The van der Waals surface area contributed by atoms with Crippen molar-refractivity contribution in [2.24, 2.45) is 0 Å². The van der Waals surface area contributed by atoms with Crippen molar-refractivity contribution in [1.82, 2.24) is 5.32 Å². The maximum absolute atomic E-state index is 11.5. The Balaban J connectivity index is 3.28. The first kappa shape index (κ1) is 8.82. The molecule has 0 aromatic heterocycles. The molecule has 0 saturated heterocycles. The summed E-state index contributed by atoms with van der Waals surface area (Å²) >= 11 is 0. The lowest BCUT2D eigenvalue weighted by Crippen LogP contribution is -2.38. The van der Waals surface area contributed by atoms with E-state index in [2.05, 4.69) is 5.32 Å². The van der Waals surface area contributed by atoms with Gasteiger partial charge in [-0.1, -0.05) is 0 Å². The van der Waals surface area contributed by atoms with Gasteiger partial charge in [-0.05, 0) is 20.8 Å². The number of hydrogen-bond acceptors (Lipinski definition) is 1. The highest BCUT2D eigenvalue weighted by Crippen LogP contribution is 1.99. The second-order valence-corrected chi connectivity index (χ2v) is 3.02. The maximum atomic E-state index is 11.5. The highest BCUT2D eigenvalue weighted by Gasteiger charge is 2.11. The summed E-state index contributed by atoms with van der Waals surface area (Å²) in [6.45, 7) is 5.35. The van der Waals surface area contributed by atoms with E-state index in [1.54, 1.807) is 0 Å². The third-order valence-corrected chi connectivity index (χ3v) is 0.787. The second kappa shape index (κ2) is 3.11. The van der Waals surface area contributed by atoms with E-state index in [4.69, 9.17) is 0 Å². The van der Waals surface area contributed by atoms with Crippen LogP contribution in [0.15, 0.2) is 0 Å². The van der Waals surface area contributed by atoms with Crippen LogP contribution >= 0.6 is 0 Å². The Labute approximate surface area is 54.4 Å². The normalized spacial score (nSPS) is 12.7. The monoisotopic (exact) mass is 137 g/mol. The van der Waals surface area contributed by atoms with Gasteiger partial charge in [0, 0.05) is 5.54 Å². The first-order valence-corrected chi connectivity index (χ1v) is 2.95. The average Bonchev–Trinajstić information content (AvgIpc) is 1.59. The van der Waals surface area contributed by atoms with Crippen LogP contribution in [-0.4, -0.2) is 18.5 Å². The molecule has 9 heavy (non-hydrogen) atoms. The Morgan fingerprint density at radius 3 is 1.89 bits per heavy atom. The van der Waals surface area contributed by atoms with Crippen molar-refractivity contribution in [2.75, 3.05) is 6.54 Å². The van der Waals surface area contributed by atoms with Gasteiger partial charge < -0.3 is 5.32 Å². The first-order chi connectivity index (χ1) is 3.92. The predicted molar refractivity (Wildman–Crippen MR) is 33.8 cm³/mol. The van der Waals surface area contributed by atoms with Crippen molar-refractivity contribution in [2.45, 2.75) is 32.7 Å². The summed E-state index contributed by atoms with van der Waals surface area (Å²) in [5.74, 6) is 0. The second-order valence-electron chi connectivity index (χ2n) is 3.02. The first-order valence-electron chi connectivity index (χ1n) is 2.95. The summed E-state index contributed by atoms with van der Waals surface area (Å²) in [5.41, 5.74) is -0.198. The molecule has 0 amide bonds. The molecule has 0 rings (SSSR count). The molecule has 0 aromatic rings. The number of hydrogen-bond donors (Lipinski definition) is 1. The lowest BCUT2D eigenvalue weighted by molar-refractivity contribution is 0.135. The molecule has 0 aliphatic heterocycles. The lowest BCUT2D eigenvalue weighted by atomic mass is 10.1. The highest BCUT2D eigenvalue weighted by molar-refractivity contribution is 4.69. The molecule has 0 aliphatic carbocycles. The number of alkyl halides is 2. The molecule has 1 nitrogen and oxygen atoms in total. The highest BCUT2D eigenvalue weighted by atomic mass is 19.3. The lowest BCUT2D eigenvalue weighted by Gasteiger charge is -2.19. The van der Waals surface area contributed by atoms with E-state index in [1.807, 2.05) is 20.8 Å². The van der Waals surface area contributed by atoms with Crippen molar-refractivity contribution >= 4 is 0 Å². The number of halogens is 2. The molecule has 0 fully saturated rings. The van der Waals surface area contributed by atoms with Crippen LogP contribution in [0.4, 0.5) is 8.78 Å². The molecule has 0 aromatic carbocycles. The van der Waals surface area contributed by atoms with Gasteiger partial charge >= 0.3 is 0 Å². The minimum atomic E-state index is -2.25. The zero-order valence-corrected chi connectivity index (χ0v) is 6.04. The molecule has 1 N–H and O–H groups in total. The third kappa shape index (κ3) is 7.82. The molecule has 0 unspecified atom stereocenters. The summed E-state index contributed by atoms with van der Waals surface area (Å²) in [6, 6.07) is 0. The average molecular weight is 137 g/mol. The van der Waals surface area contributed by atoms with Gasteiger partial charge in [-0.3, -0.25) is 0 Å². The van der Waals surface area contributed by atoms with E-state index in [0.717, 1.165) is 0 Å². The van der Waals surface area contributed by atoms with Gasteiger partial charge in [-0.25, -0.2) is 8.78 Å². The van der Waals surface area contributed by atoms with Gasteiger partial charge in [0.1, 0.15) is 0 Å². The van der Waals surface area contributed by atoms with Crippen molar-refractivity contribution in [3.63, 3.8) is 0 Å². The Morgan fingerprint density at radius 2 is 1.78 bits per heavy atom. The Hall–Kier alpha value is -0.180. The summed E-state index contributed by atoms with van der Waals surface area (Å²) in [5, 5.41) is 2.67. The standard InChI is InChI=1S/C6H13F2N/c1-6(2,3)9-4-5(7)8/h5,9H,4H2,1-3H3. The van der Waals surface area contributed by atoms with Crippen LogP contribution in [0.1, 0.15) is 20.8 Å². The Kier molecular flexibility index (Phi) is 3.04. The van der Waals surface area contributed by atoms with Crippen molar-refractivity contribution in [1.29, 1.82) is 0 Å². The Bertz CT molecular complexity index is 75.6. The van der Waals surface area contributed by atoms with E-state index in [1.165, 1.54) is 0 Å². The van der Waals surface area contributed by atoms with E-state index < -0.39 is 6.43 Å². The fraction of sp³-hybridized carbons (Fsp3) is 1.00. The zero-order valence-electron chi connectivity index (χ0n) is 6.04. The minimum absolute atomic E-state index is 0.198. The van der Waals surface area contributed by atoms with Crippen LogP contribution in [0.25, 0.3) is 0 Å². The minimum Gasteiger partial charge on any atom is -0.307 e. The summed E-state index contributed by atoms with van der Waals surface area (Å²) in [6.07, 6.45) is -2.25. The predicted octanol–water partition coefficient (Wildman–Crippen LogP) is 1.64. The maximum Gasteiger partial charge on any atom is 0.250 e. The topological polar surface area (TPSA) is 12.0 Å². The molecular weight excluding hydrogens is 124 g/mol. The van der Waals surface area contributed by atoms with Crippen molar-refractivity contribution < 1.29 is 8.78 Å². The molecule has 56 valence electrons. The van der Waals surface area contributed by atoms with Crippen molar-refractivity contribution in [3.05, 3.63) is 0 Å². The molecule has 0 spiro atoms. The van der Waals surface area contributed by atoms with Crippen LogP contribution in [0.2, 0.25) is 0 Å². The molecule has 3 heteroatoms. The van der Waals surface area contributed by atoms with E-state index in [-0.39, 0.29) is 12.1 Å². The van der Waals surface area contributed by atoms with E-state index in [0.29, 0.717) is 0 Å². The fourth-order valence-corrected chi connectivity index (χ4v) is 0.383. The van der Waals surface area contributed by atoms with Crippen LogP contribution in [0.5, 0.6) is 0 Å². The number of nitrogens with one attached hydrogen (secondary N) is 1. The number of rotatable bonds is 2. The molecule has 0 atom stereocenters. The van der Waals surface area contributed by atoms with E-state index in [9.17, 15) is 8.78 Å². The van der Waals surface area contributed by atoms with Gasteiger partial charge in [-0.15, -0.1) is 0 Å². The van der Waals surface area contributed by atoms with Gasteiger partial charge in [0.05, 0.1) is 6.54 Å². The molecule has 0 heterocycles. The fourth-order valence-electron chi connectivity index (χ4n) is 0.383. The van der Waals surface area contributed by atoms with Crippen LogP contribution < -0.4 is 5.32 Å². The van der Waals surface area contributed by atoms with Gasteiger partial charge in [0.2, 0.25) is 0 Å². The molecule has 0 saturated carbocycles. The largest absolute Gasteiger partial charge is 0.307 e. The summed E-state index contributed by atoms with van der Waals surface area (Å²) < 4.78 is 23.0. The quantitative estimate of drug-likeness (QED) is 0.610. The molecular formula is C6H13F2N.